The monoisotopic (exact) mass is 246 g/mol. The molecule has 18 heavy (non-hydrogen) atoms. The molecular formula is C14H18N2O2. The fraction of sp³-hybridized carbons (Fsp3) is 0.429. The van der Waals surface area contributed by atoms with Crippen molar-refractivity contribution in [1.82, 2.24) is 9.55 Å². The van der Waals surface area contributed by atoms with Gasteiger partial charge in [0.05, 0.1) is 11.0 Å². The number of aryl methyl sites for hydroxylation is 2. The number of nitrogens with zero attached hydrogens (tertiary/aromatic N) is 2. The average molecular weight is 246 g/mol. The van der Waals surface area contributed by atoms with E-state index in [2.05, 4.69) is 4.98 Å². The summed E-state index contributed by atoms with van der Waals surface area (Å²) in [6, 6.07) is 4.04. The third-order valence-electron chi connectivity index (χ3n) is 3.20. The molecule has 0 amide bonds. The fourth-order valence-electron chi connectivity index (χ4n) is 2.14. The lowest BCUT2D eigenvalue weighted by Gasteiger charge is -2.09. The first-order chi connectivity index (χ1) is 8.40. The van der Waals surface area contributed by atoms with Crippen LogP contribution in [0, 0.1) is 13.8 Å². The van der Waals surface area contributed by atoms with Crippen LogP contribution >= 0.6 is 0 Å². The number of hydrogen-bond donors (Lipinski definition) is 1. The Morgan fingerprint density at radius 3 is 2.50 bits per heavy atom. The van der Waals surface area contributed by atoms with Gasteiger partial charge >= 0.3 is 5.97 Å². The van der Waals surface area contributed by atoms with E-state index >= 15 is 0 Å². The van der Waals surface area contributed by atoms with Crippen molar-refractivity contribution >= 4 is 17.0 Å². The Labute approximate surface area is 106 Å². The van der Waals surface area contributed by atoms with E-state index in [1.54, 1.807) is 4.57 Å². The van der Waals surface area contributed by atoms with Gasteiger partial charge in [0.15, 0.2) is 0 Å². The molecular weight excluding hydrogens is 228 g/mol. The normalized spacial score (nSPS) is 11.4. The number of carboxylic acids is 1. The van der Waals surface area contributed by atoms with Gasteiger partial charge in [-0.25, -0.2) is 4.98 Å². The van der Waals surface area contributed by atoms with E-state index in [9.17, 15) is 4.79 Å². The summed E-state index contributed by atoms with van der Waals surface area (Å²) < 4.78 is 1.80. The van der Waals surface area contributed by atoms with Gasteiger partial charge in [0, 0.05) is 5.92 Å². The van der Waals surface area contributed by atoms with Crippen molar-refractivity contribution < 1.29 is 9.90 Å². The highest BCUT2D eigenvalue weighted by atomic mass is 16.4. The Bertz CT molecular complexity index is 612. The van der Waals surface area contributed by atoms with Crippen molar-refractivity contribution in [3.05, 3.63) is 29.1 Å². The van der Waals surface area contributed by atoms with Crippen LogP contribution in [-0.2, 0) is 11.3 Å². The smallest absolute Gasteiger partial charge is 0.323 e. The first-order valence-corrected chi connectivity index (χ1v) is 6.09. The largest absolute Gasteiger partial charge is 0.480 e. The Balaban J connectivity index is 2.72. The molecule has 1 aromatic carbocycles. The van der Waals surface area contributed by atoms with Crippen LogP contribution in [0.5, 0.6) is 0 Å². The zero-order valence-electron chi connectivity index (χ0n) is 11.2. The van der Waals surface area contributed by atoms with Crippen LogP contribution in [0.3, 0.4) is 0 Å². The zero-order chi connectivity index (χ0) is 13.4. The number of carboxylic acid groups (broad SMARTS) is 1. The van der Waals surface area contributed by atoms with E-state index in [1.807, 2.05) is 39.8 Å². The number of fused-ring (bicyclic) bond motifs is 1. The number of carbonyl (C=O) groups is 1. The molecule has 1 N–H and O–H groups in total. The molecule has 0 fully saturated rings. The highest BCUT2D eigenvalue weighted by Gasteiger charge is 2.16. The van der Waals surface area contributed by atoms with Crippen LogP contribution in [0.1, 0.15) is 36.7 Å². The maximum atomic E-state index is 11.0. The molecule has 1 heterocycles. The van der Waals surface area contributed by atoms with Gasteiger partial charge in [-0.1, -0.05) is 13.8 Å². The van der Waals surface area contributed by atoms with E-state index in [-0.39, 0.29) is 12.5 Å². The van der Waals surface area contributed by atoms with Crippen LogP contribution in [-0.4, -0.2) is 20.6 Å². The summed E-state index contributed by atoms with van der Waals surface area (Å²) in [6.07, 6.45) is 0. The third kappa shape index (κ3) is 2.10. The second kappa shape index (κ2) is 4.44. The lowest BCUT2D eigenvalue weighted by Crippen LogP contribution is -2.12. The molecule has 0 aliphatic rings. The summed E-state index contributed by atoms with van der Waals surface area (Å²) >= 11 is 0. The van der Waals surface area contributed by atoms with Gasteiger partial charge in [-0.3, -0.25) is 4.79 Å². The molecule has 4 heteroatoms. The van der Waals surface area contributed by atoms with Crippen molar-refractivity contribution in [2.45, 2.75) is 40.2 Å². The SMILES string of the molecule is Cc1cc2nc(C(C)C)n(CC(=O)O)c2cc1C. The van der Waals surface area contributed by atoms with Crippen molar-refractivity contribution in [3.63, 3.8) is 0 Å². The standard InChI is InChI=1S/C14H18N2O2/c1-8(2)14-15-11-5-9(3)10(4)6-12(11)16(14)7-13(17)18/h5-6,8H,7H2,1-4H3,(H,17,18). The first-order valence-electron chi connectivity index (χ1n) is 6.09. The molecule has 2 aromatic rings. The minimum absolute atomic E-state index is 0.0352. The number of benzene rings is 1. The predicted octanol–water partition coefficient (Wildman–Crippen LogP) is 2.86. The maximum Gasteiger partial charge on any atom is 0.323 e. The van der Waals surface area contributed by atoms with Gasteiger partial charge in [0.1, 0.15) is 12.4 Å². The number of aliphatic carboxylic acids is 1. The molecule has 0 saturated heterocycles. The van der Waals surface area contributed by atoms with Crippen LogP contribution in [0.25, 0.3) is 11.0 Å². The Morgan fingerprint density at radius 2 is 1.94 bits per heavy atom. The van der Waals surface area contributed by atoms with E-state index < -0.39 is 5.97 Å². The first kappa shape index (κ1) is 12.6. The van der Waals surface area contributed by atoms with Crippen LogP contribution < -0.4 is 0 Å². The fourth-order valence-corrected chi connectivity index (χ4v) is 2.14. The van der Waals surface area contributed by atoms with Gasteiger partial charge in [-0.15, -0.1) is 0 Å². The Hall–Kier alpha value is -1.84. The Kier molecular flexibility index (Phi) is 3.11. The van der Waals surface area contributed by atoms with E-state index in [4.69, 9.17) is 5.11 Å². The van der Waals surface area contributed by atoms with Crippen molar-refractivity contribution in [1.29, 1.82) is 0 Å². The second-order valence-electron chi connectivity index (χ2n) is 5.03. The highest BCUT2D eigenvalue weighted by molar-refractivity contribution is 5.80. The number of aromatic nitrogens is 2. The molecule has 4 nitrogen and oxygen atoms in total. The quantitative estimate of drug-likeness (QED) is 0.906. The van der Waals surface area contributed by atoms with Gasteiger partial charge in [-0.05, 0) is 37.1 Å². The molecule has 0 saturated carbocycles. The summed E-state index contributed by atoms with van der Waals surface area (Å²) in [7, 11) is 0. The van der Waals surface area contributed by atoms with Crippen molar-refractivity contribution in [2.75, 3.05) is 0 Å². The lowest BCUT2D eigenvalue weighted by molar-refractivity contribution is -0.137. The van der Waals surface area contributed by atoms with Crippen LogP contribution in [0.4, 0.5) is 0 Å². The summed E-state index contributed by atoms with van der Waals surface area (Å²) in [5, 5.41) is 9.03. The second-order valence-corrected chi connectivity index (χ2v) is 5.03. The molecule has 2 rings (SSSR count). The molecule has 96 valence electrons. The molecule has 0 spiro atoms. The number of imidazole rings is 1. The van der Waals surface area contributed by atoms with Crippen molar-refractivity contribution in [2.24, 2.45) is 0 Å². The number of hydrogen-bond acceptors (Lipinski definition) is 2. The van der Waals surface area contributed by atoms with E-state index in [1.165, 1.54) is 5.56 Å². The topological polar surface area (TPSA) is 55.1 Å². The van der Waals surface area contributed by atoms with Gasteiger partial charge in [-0.2, -0.15) is 0 Å². The summed E-state index contributed by atoms with van der Waals surface area (Å²) in [5.74, 6) is 0.198. The van der Waals surface area contributed by atoms with Crippen LogP contribution in [0.2, 0.25) is 0 Å². The molecule has 0 atom stereocenters. The van der Waals surface area contributed by atoms with Crippen molar-refractivity contribution in [3.8, 4) is 0 Å². The van der Waals surface area contributed by atoms with Crippen LogP contribution in [0.15, 0.2) is 12.1 Å². The predicted molar refractivity (Wildman–Crippen MR) is 70.9 cm³/mol. The summed E-state index contributed by atoms with van der Waals surface area (Å²) in [6.45, 7) is 8.09. The average Bonchev–Trinajstić information content (AvgIpc) is 2.57. The summed E-state index contributed by atoms with van der Waals surface area (Å²) in [5.41, 5.74) is 4.12. The third-order valence-corrected chi connectivity index (χ3v) is 3.20. The van der Waals surface area contributed by atoms with Gasteiger partial charge in [0.25, 0.3) is 0 Å². The highest BCUT2D eigenvalue weighted by Crippen LogP contribution is 2.24. The molecule has 0 bridgehead atoms. The summed E-state index contributed by atoms with van der Waals surface area (Å²) in [4.78, 5) is 15.6. The molecule has 0 radical (unpaired) electrons. The number of rotatable bonds is 3. The molecule has 0 aliphatic carbocycles. The molecule has 1 aromatic heterocycles. The lowest BCUT2D eigenvalue weighted by atomic mass is 10.1. The zero-order valence-corrected chi connectivity index (χ0v) is 11.2. The van der Waals surface area contributed by atoms with E-state index in [0.29, 0.717) is 0 Å². The van der Waals surface area contributed by atoms with Gasteiger partial charge < -0.3 is 9.67 Å². The molecule has 0 unspecified atom stereocenters. The molecule has 0 aliphatic heterocycles. The minimum atomic E-state index is -0.838. The maximum absolute atomic E-state index is 11.0. The minimum Gasteiger partial charge on any atom is -0.480 e. The Morgan fingerprint density at radius 1 is 1.33 bits per heavy atom. The van der Waals surface area contributed by atoms with E-state index in [0.717, 1.165) is 22.4 Å². The van der Waals surface area contributed by atoms with Gasteiger partial charge in [0.2, 0.25) is 0 Å².